The van der Waals surface area contributed by atoms with E-state index < -0.39 is 0 Å². The molecule has 0 rings (SSSR count). The first-order valence-electron chi connectivity index (χ1n) is 5.73. The van der Waals surface area contributed by atoms with Crippen LogP contribution in [0.5, 0.6) is 0 Å². The molecular formula is C13H22O3. The van der Waals surface area contributed by atoms with Gasteiger partial charge in [-0.25, -0.2) is 0 Å². The highest BCUT2D eigenvalue weighted by Crippen LogP contribution is 2.13. The van der Waals surface area contributed by atoms with Crippen LogP contribution in [0.1, 0.15) is 39.5 Å². The van der Waals surface area contributed by atoms with Crippen LogP contribution in [-0.4, -0.2) is 26.3 Å². The summed E-state index contributed by atoms with van der Waals surface area (Å²) in [5.74, 6) is 5.72. The van der Waals surface area contributed by atoms with Crippen molar-refractivity contribution in [3.63, 3.8) is 0 Å². The van der Waals surface area contributed by atoms with Crippen molar-refractivity contribution in [1.29, 1.82) is 0 Å². The minimum absolute atomic E-state index is 0.154. The van der Waals surface area contributed by atoms with Crippen LogP contribution >= 0.6 is 0 Å². The summed E-state index contributed by atoms with van der Waals surface area (Å²) >= 11 is 0. The fraction of sp³-hybridized carbons (Fsp3) is 0.769. The summed E-state index contributed by atoms with van der Waals surface area (Å²) in [4.78, 5) is 10.8. The van der Waals surface area contributed by atoms with E-state index in [9.17, 15) is 4.79 Å². The molecule has 0 radical (unpaired) electrons. The van der Waals surface area contributed by atoms with Gasteiger partial charge in [-0.15, -0.1) is 0 Å². The third kappa shape index (κ3) is 6.47. The third-order valence-electron chi connectivity index (χ3n) is 2.49. The predicted octanol–water partition coefficient (Wildman–Crippen LogP) is 2.39. The van der Waals surface area contributed by atoms with Gasteiger partial charge < -0.3 is 9.47 Å². The maximum Gasteiger partial charge on any atom is 0.317 e. The molecule has 0 aliphatic carbocycles. The number of unbranched alkanes of at least 4 members (excludes halogenated alkanes) is 1. The second-order valence-electron chi connectivity index (χ2n) is 3.78. The molecule has 3 heteroatoms. The Morgan fingerprint density at radius 3 is 2.56 bits per heavy atom. The molecule has 0 heterocycles. The summed E-state index contributed by atoms with van der Waals surface area (Å²) in [7, 11) is 3.07. The smallest absolute Gasteiger partial charge is 0.317 e. The van der Waals surface area contributed by atoms with Gasteiger partial charge in [0.15, 0.2) is 0 Å². The number of methoxy groups -OCH3 is 2. The largest absolute Gasteiger partial charge is 0.468 e. The molecule has 16 heavy (non-hydrogen) atoms. The van der Waals surface area contributed by atoms with E-state index in [0.29, 0.717) is 0 Å². The van der Waals surface area contributed by atoms with Gasteiger partial charge in [-0.2, -0.15) is 0 Å². The van der Waals surface area contributed by atoms with Gasteiger partial charge in [-0.3, -0.25) is 4.79 Å². The van der Waals surface area contributed by atoms with Crippen molar-refractivity contribution in [3.8, 4) is 11.8 Å². The monoisotopic (exact) mass is 226 g/mol. The lowest BCUT2D eigenvalue weighted by atomic mass is 10.00. The summed E-state index contributed by atoms with van der Waals surface area (Å²) in [6.45, 7) is 4.18. The molecule has 3 nitrogen and oxygen atoms in total. The first kappa shape index (κ1) is 15.0. The lowest BCUT2D eigenvalue weighted by Crippen LogP contribution is -2.19. The van der Waals surface area contributed by atoms with Crippen molar-refractivity contribution in [2.24, 2.45) is 5.92 Å². The number of rotatable bonds is 6. The Morgan fingerprint density at radius 1 is 1.38 bits per heavy atom. The molecule has 0 aromatic carbocycles. The fourth-order valence-corrected chi connectivity index (χ4v) is 1.43. The van der Waals surface area contributed by atoms with Crippen LogP contribution in [0, 0.1) is 17.8 Å². The van der Waals surface area contributed by atoms with Gasteiger partial charge in [0.1, 0.15) is 6.42 Å². The van der Waals surface area contributed by atoms with E-state index in [1.54, 1.807) is 7.11 Å². The number of esters is 1. The van der Waals surface area contributed by atoms with Crippen LogP contribution in [0.25, 0.3) is 0 Å². The van der Waals surface area contributed by atoms with Crippen LogP contribution in [0.3, 0.4) is 0 Å². The molecule has 0 saturated carbocycles. The van der Waals surface area contributed by atoms with E-state index in [0.717, 1.165) is 19.3 Å². The molecule has 0 aliphatic rings. The molecule has 0 bridgehead atoms. The SMILES string of the molecule is CCCC[C@H](OC)[C@@H](C)C#CCC(=O)OC. The molecule has 0 aliphatic heterocycles. The Morgan fingerprint density at radius 2 is 2.06 bits per heavy atom. The fourth-order valence-electron chi connectivity index (χ4n) is 1.43. The first-order chi connectivity index (χ1) is 7.65. The highest BCUT2D eigenvalue weighted by atomic mass is 16.5. The van der Waals surface area contributed by atoms with E-state index in [1.165, 1.54) is 7.11 Å². The predicted molar refractivity (Wildman–Crippen MR) is 63.9 cm³/mol. The van der Waals surface area contributed by atoms with Gasteiger partial charge in [0.25, 0.3) is 0 Å². The minimum atomic E-state index is -0.290. The normalized spacial score (nSPS) is 13.5. The Kier molecular flexibility index (Phi) is 8.65. The number of ether oxygens (including phenoxy) is 2. The van der Waals surface area contributed by atoms with E-state index in [2.05, 4.69) is 23.5 Å². The molecule has 0 aromatic heterocycles. The number of hydrogen-bond donors (Lipinski definition) is 0. The Hall–Kier alpha value is -1.01. The Bertz CT molecular complexity index is 250. The summed E-state index contributed by atoms with van der Waals surface area (Å²) < 4.78 is 9.89. The second-order valence-corrected chi connectivity index (χ2v) is 3.78. The lowest BCUT2D eigenvalue weighted by molar-refractivity contribution is -0.139. The molecule has 0 saturated heterocycles. The third-order valence-corrected chi connectivity index (χ3v) is 2.49. The topological polar surface area (TPSA) is 35.5 Å². The maximum absolute atomic E-state index is 10.8. The van der Waals surface area contributed by atoms with Crippen LogP contribution in [-0.2, 0) is 14.3 Å². The molecule has 0 aromatic rings. The molecule has 0 fully saturated rings. The zero-order valence-electron chi connectivity index (χ0n) is 10.7. The van der Waals surface area contributed by atoms with Gasteiger partial charge in [-0.05, 0) is 13.3 Å². The van der Waals surface area contributed by atoms with Crippen LogP contribution in [0.15, 0.2) is 0 Å². The van der Waals surface area contributed by atoms with E-state index in [1.807, 2.05) is 6.92 Å². The molecule has 0 spiro atoms. The van der Waals surface area contributed by atoms with Crippen molar-refractivity contribution in [3.05, 3.63) is 0 Å². The summed E-state index contributed by atoms with van der Waals surface area (Å²) in [6, 6.07) is 0. The van der Waals surface area contributed by atoms with Crippen LogP contribution in [0.2, 0.25) is 0 Å². The van der Waals surface area contributed by atoms with Crippen molar-refractivity contribution >= 4 is 5.97 Å². The standard InChI is InChI=1S/C13H22O3/c1-5-6-9-12(15-3)11(2)8-7-10-13(14)16-4/h11-12H,5-6,9-10H2,1-4H3/t11-,12-/m0/s1. The lowest BCUT2D eigenvalue weighted by Gasteiger charge is -2.17. The number of hydrogen-bond acceptors (Lipinski definition) is 3. The zero-order chi connectivity index (χ0) is 12.4. The van der Waals surface area contributed by atoms with Gasteiger partial charge in [-0.1, -0.05) is 31.6 Å². The van der Waals surface area contributed by atoms with Gasteiger partial charge in [0.2, 0.25) is 0 Å². The number of carbonyl (C=O) groups is 1. The van der Waals surface area contributed by atoms with Crippen LogP contribution < -0.4 is 0 Å². The Balaban J connectivity index is 4.08. The van der Waals surface area contributed by atoms with E-state index in [4.69, 9.17) is 4.74 Å². The van der Waals surface area contributed by atoms with E-state index >= 15 is 0 Å². The quantitative estimate of drug-likeness (QED) is 0.515. The van der Waals surface area contributed by atoms with Crippen molar-refractivity contribution in [2.75, 3.05) is 14.2 Å². The Labute approximate surface area is 98.5 Å². The molecule has 0 amide bonds. The molecule has 92 valence electrons. The van der Waals surface area contributed by atoms with Gasteiger partial charge >= 0.3 is 5.97 Å². The molecular weight excluding hydrogens is 204 g/mol. The van der Waals surface area contributed by atoms with Gasteiger partial charge in [0, 0.05) is 13.0 Å². The molecule has 0 unspecified atom stereocenters. The number of carbonyl (C=O) groups excluding carboxylic acids is 1. The second kappa shape index (κ2) is 9.23. The van der Waals surface area contributed by atoms with Crippen molar-refractivity contribution < 1.29 is 14.3 Å². The average Bonchev–Trinajstić information content (AvgIpc) is 2.29. The van der Waals surface area contributed by atoms with Gasteiger partial charge in [0.05, 0.1) is 13.2 Å². The highest BCUT2D eigenvalue weighted by molar-refractivity contribution is 5.72. The summed E-state index contributed by atoms with van der Waals surface area (Å²) in [5.41, 5.74) is 0. The van der Waals surface area contributed by atoms with Crippen LogP contribution in [0.4, 0.5) is 0 Å². The maximum atomic E-state index is 10.8. The van der Waals surface area contributed by atoms with Crippen molar-refractivity contribution in [1.82, 2.24) is 0 Å². The minimum Gasteiger partial charge on any atom is -0.468 e. The molecule has 0 N–H and O–H groups in total. The molecule has 2 atom stereocenters. The average molecular weight is 226 g/mol. The van der Waals surface area contributed by atoms with E-state index in [-0.39, 0.29) is 24.4 Å². The summed E-state index contributed by atoms with van der Waals surface area (Å²) in [6.07, 6.45) is 3.63. The van der Waals surface area contributed by atoms with Crippen molar-refractivity contribution in [2.45, 2.75) is 45.6 Å². The highest BCUT2D eigenvalue weighted by Gasteiger charge is 2.13. The first-order valence-corrected chi connectivity index (χ1v) is 5.73. The summed E-state index contributed by atoms with van der Waals surface area (Å²) in [5, 5.41) is 0. The zero-order valence-corrected chi connectivity index (χ0v) is 10.7.